The van der Waals surface area contributed by atoms with Crippen LogP contribution in [0.4, 0.5) is 4.39 Å². The second kappa shape index (κ2) is 6.86. The smallest absolute Gasteiger partial charge is 0.127 e. The van der Waals surface area contributed by atoms with Crippen LogP contribution in [-0.4, -0.2) is 18.3 Å². The molecule has 0 aliphatic rings. The van der Waals surface area contributed by atoms with Gasteiger partial charge in [0, 0.05) is 30.2 Å². The molecule has 0 saturated heterocycles. The fourth-order valence-electron chi connectivity index (χ4n) is 2.09. The highest BCUT2D eigenvalue weighted by molar-refractivity contribution is 5.20. The van der Waals surface area contributed by atoms with Crippen molar-refractivity contribution >= 4 is 0 Å². The summed E-state index contributed by atoms with van der Waals surface area (Å²) in [7, 11) is 0. The lowest BCUT2D eigenvalue weighted by molar-refractivity contribution is 0.110. The van der Waals surface area contributed by atoms with Crippen molar-refractivity contribution in [2.75, 3.05) is 13.2 Å². The molecule has 18 heavy (non-hydrogen) atoms. The Morgan fingerprint density at radius 1 is 1.28 bits per heavy atom. The topological polar surface area (TPSA) is 32.3 Å². The first-order valence-electron chi connectivity index (χ1n) is 6.67. The molecule has 0 spiro atoms. The fourth-order valence-corrected chi connectivity index (χ4v) is 2.09. The van der Waals surface area contributed by atoms with Gasteiger partial charge in [0.25, 0.3) is 0 Å². The van der Waals surface area contributed by atoms with Gasteiger partial charge < -0.3 is 10.4 Å². The first-order valence-corrected chi connectivity index (χ1v) is 6.67. The maximum Gasteiger partial charge on any atom is 0.127 e. The van der Waals surface area contributed by atoms with Gasteiger partial charge in [0.05, 0.1) is 0 Å². The molecule has 1 atom stereocenters. The Kier molecular flexibility index (Phi) is 5.76. The Morgan fingerprint density at radius 3 is 2.39 bits per heavy atom. The van der Waals surface area contributed by atoms with Gasteiger partial charge in [-0.3, -0.25) is 0 Å². The molecule has 2 N–H and O–H groups in total. The van der Waals surface area contributed by atoms with Gasteiger partial charge in [0.2, 0.25) is 0 Å². The van der Waals surface area contributed by atoms with Gasteiger partial charge in [-0.15, -0.1) is 0 Å². The van der Waals surface area contributed by atoms with E-state index in [0.717, 1.165) is 12.8 Å². The van der Waals surface area contributed by atoms with E-state index in [1.165, 1.54) is 6.07 Å². The molecule has 2 nitrogen and oxygen atoms in total. The van der Waals surface area contributed by atoms with Crippen LogP contribution in [0, 0.1) is 11.2 Å². The van der Waals surface area contributed by atoms with Gasteiger partial charge in [-0.25, -0.2) is 4.39 Å². The molecule has 0 unspecified atom stereocenters. The highest BCUT2D eigenvalue weighted by Crippen LogP contribution is 2.26. The number of rotatable bonds is 7. The Morgan fingerprint density at radius 2 is 1.89 bits per heavy atom. The lowest BCUT2D eigenvalue weighted by Crippen LogP contribution is -2.37. The quantitative estimate of drug-likeness (QED) is 0.781. The third-order valence-electron chi connectivity index (χ3n) is 3.99. The molecule has 0 bridgehead atoms. The van der Waals surface area contributed by atoms with Crippen LogP contribution in [0.2, 0.25) is 0 Å². The highest BCUT2D eigenvalue weighted by Gasteiger charge is 2.25. The molecule has 1 rings (SSSR count). The maximum atomic E-state index is 13.6. The van der Waals surface area contributed by atoms with Gasteiger partial charge in [-0.2, -0.15) is 0 Å². The van der Waals surface area contributed by atoms with E-state index >= 15 is 0 Å². The summed E-state index contributed by atoms with van der Waals surface area (Å²) >= 11 is 0. The van der Waals surface area contributed by atoms with E-state index in [1.54, 1.807) is 12.1 Å². The lowest BCUT2D eigenvalue weighted by Gasteiger charge is -2.31. The number of halogens is 1. The predicted octanol–water partition coefficient (Wildman–Crippen LogP) is 3.28. The minimum absolute atomic E-state index is 0.0461. The minimum Gasteiger partial charge on any atom is -0.396 e. The normalized spacial score (nSPS) is 13.6. The summed E-state index contributed by atoms with van der Waals surface area (Å²) < 4.78 is 13.6. The summed E-state index contributed by atoms with van der Waals surface area (Å²) in [5.74, 6) is -0.180. The number of nitrogens with one attached hydrogen (secondary N) is 1. The summed E-state index contributed by atoms with van der Waals surface area (Å²) in [6.45, 7) is 6.97. The molecule has 0 aliphatic heterocycles. The van der Waals surface area contributed by atoms with Crippen LogP contribution in [0.3, 0.4) is 0 Å². The van der Waals surface area contributed by atoms with E-state index in [9.17, 15) is 9.50 Å². The molecule has 0 aromatic heterocycles. The van der Waals surface area contributed by atoms with Crippen molar-refractivity contribution < 1.29 is 9.50 Å². The monoisotopic (exact) mass is 253 g/mol. The molecular weight excluding hydrogens is 229 g/mol. The Hall–Kier alpha value is -0.930. The second-order valence-electron chi connectivity index (χ2n) is 4.99. The zero-order valence-corrected chi connectivity index (χ0v) is 11.5. The predicted molar refractivity (Wildman–Crippen MR) is 72.9 cm³/mol. The van der Waals surface area contributed by atoms with Crippen LogP contribution in [0.1, 0.15) is 45.2 Å². The minimum atomic E-state index is -0.180. The fraction of sp³-hybridized carbons (Fsp3) is 0.600. The van der Waals surface area contributed by atoms with E-state index in [-0.39, 0.29) is 23.9 Å². The van der Waals surface area contributed by atoms with Crippen molar-refractivity contribution in [2.24, 2.45) is 5.41 Å². The van der Waals surface area contributed by atoms with Crippen LogP contribution >= 0.6 is 0 Å². The summed E-state index contributed by atoms with van der Waals surface area (Å²) in [4.78, 5) is 0. The maximum absolute atomic E-state index is 13.6. The van der Waals surface area contributed by atoms with Crippen molar-refractivity contribution in [2.45, 2.75) is 39.7 Å². The largest absolute Gasteiger partial charge is 0.396 e. The zero-order chi connectivity index (χ0) is 13.6. The molecule has 0 fully saturated rings. The van der Waals surface area contributed by atoms with Gasteiger partial charge in [0.15, 0.2) is 0 Å². The number of hydrogen-bond donors (Lipinski definition) is 2. The van der Waals surface area contributed by atoms with Crippen LogP contribution < -0.4 is 5.32 Å². The van der Waals surface area contributed by atoms with Crippen LogP contribution in [0.5, 0.6) is 0 Å². The summed E-state index contributed by atoms with van der Waals surface area (Å²) in [5, 5.41) is 12.8. The van der Waals surface area contributed by atoms with Crippen LogP contribution in [-0.2, 0) is 0 Å². The van der Waals surface area contributed by atoms with E-state index in [2.05, 4.69) is 19.2 Å². The van der Waals surface area contributed by atoms with Crippen LogP contribution in [0.25, 0.3) is 0 Å². The highest BCUT2D eigenvalue weighted by atomic mass is 19.1. The van der Waals surface area contributed by atoms with Crippen LogP contribution in [0.15, 0.2) is 24.3 Å². The van der Waals surface area contributed by atoms with Gasteiger partial charge in [0.1, 0.15) is 5.82 Å². The molecule has 0 heterocycles. The lowest BCUT2D eigenvalue weighted by atomic mass is 9.83. The van der Waals surface area contributed by atoms with Gasteiger partial charge in [-0.05, 0) is 25.8 Å². The average Bonchev–Trinajstić information content (AvgIpc) is 2.41. The van der Waals surface area contributed by atoms with E-state index < -0.39 is 0 Å². The van der Waals surface area contributed by atoms with Crippen molar-refractivity contribution in [1.82, 2.24) is 5.32 Å². The Bertz CT molecular complexity index is 355. The number of aliphatic hydroxyl groups is 1. The molecule has 3 heteroatoms. The standard InChI is InChI=1S/C15H24FNO/c1-4-15(5-2,11-18)10-17-12(3)13-8-6-7-9-14(13)16/h6-9,12,17-18H,4-5,10-11H2,1-3H3/t12-/m1/s1. The zero-order valence-electron chi connectivity index (χ0n) is 11.5. The molecule has 0 radical (unpaired) electrons. The summed E-state index contributed by atoms with van der Waals surface area (Å²) in [5.41, 5.74) is 0.580. The number of benzene rings is 1. The molecular formula is C15H24FNO. The average molecular weight is 253 g/mol. The third kappa shape index (κ3) is 3.53. The van der Waals surface area contributed by atoms with Crippen molar-refractivity contribution in [3.8, 4) is 0 Å². The molecule has 0 aliphatic carbocycles. The third-order valence-corrected chi connectivity index (χ3v) is 3.99. The molecule has 102 valence electrons. The van der Waals surface area contributed by atoms with E-state index in [1.807, 2.05) is 13.0 Å². The SMILES string of the molecule is CCC(CC)(CO)CN[C@H](C)c1ccccc1F. The van der Waals surface area contributed by atoms with Crippen molar-refractivity contribution in [3.63, 3.8) is 0 Å². The molecule has 1 aromatic rings. The second-order valence-corrected chi connectivity index (χ2v) is 4.99. The van der Waals surface area contributed by atoms with Crippen molar-refractivity contribution in [3.05, 3.63) is 35.6 Å². The van der Waals surface area contributed by atoms with Crippen molar-refractivity contribution in [1.29, 1.82) is 0 Å². The number of hydrogen-bond acceptors (Lipinski definition) is 2. The Labute approximate surface area is 109 Å². The first-order chi connectivity index (χ1) is 8.58. The van der Waals surface area contributed by atoms with Gasteiger partial charge in [-0.1, -0.05) is 32.0 Å². The Balaban J connectivity index is 2.66. The van der Waals surface area contributed by atoms with E-state index in [0.29, 0.717) is 12.1 Å². The first kappa shape index (κ1) is 15.1. The summed E-state index contributed by atoms with van der Waals surface area (Å²) in [6.07, 6.45) is 1.83. The number of aliphatic hydroxyl groups excluding tert-OH is 1. The molecule has 1 aromatic carbocycles. The molecule has 0 amide bonds. The van der Waals surface area contributed by atoms with E-state index in [4.69, 9.17) is 0 Å². The summed E-state index contributed by atoms with van der Waals surface area (Å²) in [6, 6.07) is 6.77. The van der Waals surface area contributed by atoms with Gasteiger partial charge >= 0.3 is 0 Å². The molecule has 0 saturated carbocycles.